The van der Waals surface area contributed by atoms with E-state index in [0.717, 1.165) is 25.7 Å². The van der Waals surface area contributed by atoms with Crippen molar-refractivity contribution in [2.45, 2.75) is 43.0 Å². The number of aliphatic hydroxyl groups is 1. The maximum Gasteiger partial charge on any atom is 0.241 e. The second-order valence-corrected chi connectivity index (χ2v) is 6.76. The van der Waals surface area contributed by atoms with Crippen LogP contribution in [0.5, 0.6) is 0 Å². The summed E-state index contributed by atoms with van der Waals surface area (Å²) in [6, 6.07) is 6.48. The molecule has 2 rings (SSSR count). The third kappa shape index (κ3) is 3.21. The molecule has 0 atom stereocenters. The van der Waals surface area contributed by atoms with Gasteiger partial charge in [-0.15, -0.1) is 0 Å². The lowest BCUT2D eigenvalue weighted by Gasteiger charge is -2.41. The Morgan fingerprint density at radius 2 is 2.15 bits per heavy atom. The van der Waals surface area contributed by atoms with Crippen LogP contribution in [0.15, 0.2) is 29.2 Å². The summed E-state index contributed by atoms with van der Waals surface area (Å²) in [6.45, 7) is 1.76. The van der Waals surface area contributed by atoms with Crippen molar-refractivity contribution < 1.29 is 13.5 Å². The van der Waals surface area contributed by atoms with E-state index in [0.29, 0.717) is 5.56 Å². The standard InChI is InChI=1S/C15H19NO3S/c1-2-15(9-5-10-15)16-20(18,19)14-8-3-6-13(12-14)7-4-11-17/h3,6,8,12,16-17H,2,5,9-11H2,1H3. The molecule has 4 nitrogen and oxygen atoms in total. The van der Waals surface area contributed by atoms with E-state index in [2.05, 4.69) is 16.6 Å². The van der Waals surface area contributed by atoms with Crippen LogP contribution in [-0.2, 0) is 10.0 Å². The fraction of sp³-hybridized carbons (Fsp3) is 0.467. The predicted molar refractivity (Wildman–Crippen MR) is 77.6 cm³/mol. The predicted octanol–water partition coefficient (Wildman–Crippen LogP) is 1.64. The Morgan fingerprint density at radius 1 is 1.40 bits per heavy atom. The summed E-state index contributed by atoms with van der Waals surface area (Å²) < 4.78 is 27.7. The fourth-order valence-electron chi connectivity index (χ4n) is 2.36. The number of nitrogens with one attached hydrogen (secondary N) is 1. The summed E-state index contributed by atoms with van der Waals surface area (Å²) in [4.78, 5) is 0.224. The average molecular weight is 293 g/mol. The van der Waals surface area contributed by atoms with E-state index >= 15 is 0 Å². The molecule has 0 heterocycles. The van der Waals surface area contributed by atoms with Crippen molar-refractivity contribution in [3.05, 3.63) is 29.8 Å². The molecular weight excluding hydrogens is 274 g/mol. The molecule has 0 aliphatic heterocycles. The molecule has 0 aromatic heterocycles. The van der Waals surface area contributed by atoms with E-state index in [1.807, 2.05) is 6.92 Å². The number of benzene rings is 1. The van der Waals surface area contributed by atoms with Gasteiger partial charge in [0.2, 0.25) is 10.0 Å². The first kappa shape index (κ1) is 15.0. The second-order valence-electron chi connectivity index (χ2n) is 5.08. The van der Waals surface area contributed by atoms with Gasteiger partial charge in [-0.1, -0.05) is 24.8 Å². The van der Waals surface area contributed by atoms with E-state index in [-0.39, 0.29) is 17.0 Å². The van der Waals surface area contributed by atoms with Gasteiger partial charge in [-0.05, 0) is 43.9 Å². The topological polar surface area (TPSA) is 66.4 Å². The smallest absolute Gasteiger partial charge is 0.241 e. The molecule has 0 saturated heterocycles. The largest absolute Gasteiger partial charge is 0.384 e. The van der Waals surface area contributed by atoms with Crippen LogP contribution in [0, 0.1) is 11.8 Å². The second kappa shape index (κ2) is 5.96. The highest BCUT2D eigenvalue weighted by Crippen LogP contribution is 2.36. The lowest BCUT2D eigenvalue weighted by molar-refractivity contribution is 0.214. The van der Waals surface area contributed by atoms with E-state index < -0.39 is 10.0 Å². The Hall–Kier alpha value is -1.35. The van der Waals surface area contributed by atoms with Crippen molar-refractivity contribution >= 4 is 10.0 Å². The molecular formula is C15H19NO3S. The van der Waals surface area contributed by atoms with Crippen molar-refractivity contribution in [2.75, 3.05) is 6.61 Å². The summed E-state index contributed by atoms with van der Waals surface area (Å²) in [5.74, 6) is 5.23. The number of hydrogen-bond donors (Lipinski definition) is 2. The fourth-order valence-corrected chi connectivity index (χ4v) is 3.93. The van der Waals surface area contributed by atoms with Crippen LogP contribution in [0.25, 0.3) is 0 Å². The van der Waals surface area contributed by atoms with Crippen LogP contribution in [0.2, 0.25) is 0 Å². The van der Waals surface area contributed by atoms with E-state index in [4.69, 9.17) is 5.11 Å². The number of rotatable bonds is 4. The Labute approximate surface area is 120 Å². The zero-order chi connectivity index (χ0) is 14.6. The third-order valence-electron chi connectivity index (χ3n) is 3.79. The highest BCUT2D eigenvalue weighted by Gasteiger charge is 2.39. The molecule has 1 aliphatic carbocycles. The first-order valence-corrected chi connectivity index (χ1v) is 8.23. The van der Waals surface area contributed by atoms with Gasteiger partial charge in [-0.2, -0.15) is 0 Å². The monoisotopic (exact) mass is 293 g/mol. The SMILES string of the molecule is CCC1(NS(=O)(=O)c2cccc(C#CCO)c2)CCC1. The van der Waals surface area contributed by atoms with Crippen molar-refractivity contribution in [1.29, 1.82) is 0 Å². The molecule has 1 aromatic rings. The van der Waals surface area contributed by atoms with Gasteiger partial charge in [0, 0.05) is 11.1 Å². The lowest BCUT2D eigenvalue weighted by Crippen LogP contribution is -2.52. The molecule has 1 aromatic carbocycles. The van der Waals surface area contributed by atoms with Crippen LogP contribution < -0.4 is 4.72 Å². The number of sulfonamides is 1. The minimum atomic E-state index is -3.52. The molecule has 0 spiro atoms. The first-order chi connectivity index (χ1) is 9.51. The van der Waals surface area contributed by atoms with Crippen LogP contribution in [0.1, 0.15) is 38.2 Å². The van der Waals surface area contributed by atoms with Gasteiger partial charge >= 0.3 is 0 Å². The van der Waals surface area contributed by atoms with Crippen molar-refractivity contribution in [2.24, 2.45) is 0 Å². The molecule has 0 unspecified atom stereocenters. The van der Waals surface area contributed by atoms with Crippen molar-refractivity contribution in [3.8, 4) is 11.8 Å². The highest BCUT2D eigenvalue weighted by atomic mass is 32.2. The van der Waals surface area contributed by atoms with Gasteiger partial charge in [0.1, 0.15) is 6.61 Å². The Bertz CT molecular complexity index is 631. The molecule has 0 radical (unpaired) electrons. The van der Waals surface area contributed by atoms with Gasteiger partial charge < -0.3 is 5.11 Å². The Morgan fingerprint density at radius 3 is 2.70 bits per heavy atom. The van der Waals surface area contributed by atoms with Crippen LogP contribution in [-0.4, -0.2) is 25.7 Å². The van der Waals surface area contributed by atoms with E-state index in [1.165, 1.54) is 6.07 Å². The molecule has 1 saturated carbocycles. The molecule has 0 bridgehead atoms. The summed E-state index contributed by atoms with van der Waals surface area (Å²) in [6.07, 6.45) is 3.66. The van der Waals surface area contributed by atoms with Crippen molar-refractivity contribution in [3.63, 3.8) is 0 Å². The van der Waals surface area contributed by atoms with Crippen LogP contribution in [0.4, 0.5) is 0 Å². The lowest BCUT2D eigenvalue weighted by atomic mass is 9.76. The summed E-state index contributed by atoms with van der Waals surface area (Å²) in [5, 5.41) is 8.68. The molecule has 108 valence electrons. The van der Waals surface area contributed by atoms with Gasteiger partial charge in [-0.25, -0.2) is 13.1 Å². The zero-order valence-electron chi connectivity index (χ0n) is 11.5. The molecule has 1 fully saturated rings. The average Bonchev–Trinajstić information content (AvgIpc) is 2.41. The quantitative estimate of drug-likeness (QED) is 0.829. The minimum Gasteiger partial charge on any atom is -0.384 e. The molecule has 0 amide bonds. The summed E-state index contributed by atoms with van der Waals surface area (Å²) in [5.41, 5.74) is 0.312. The third-order valence-corrected chi connectivity index (χ3v) is 5.37. The summed E-state index contributed by atoms with van der Waals surface area (Å²) >= 11 is 0. The van der Waals surface area contributed by atoms with E-state index in [1.54, 1.807) is 18.2 Å². The molecule has 1 aliphatic rings. The normalized spacial score (nSPS) is 16.9. The maximum atomic E-state index is 12.4. The maximum absolute atomic E-state index is 12.4. The first-order valence-electron chi connectivity index (χ1n) is 6.75. The zero-order valence-corrected chi connectivity index (χ0v) is 12.3. The molecule has 5 heteroatoms. The number of aliphatic hydroxyl groups excluding tert-OH is 1. The minimum absolute atomic E-state index is 0.224. The molecule has 20 heavy (non-hydrogen) atoms. The van der Waals surface area contributed by atoms with Crippen LogP contribution >= 0.6 is 0 Å². The van der Waals surface area contributed by atoms with Gasteiger partial charge in [0.05, 0.1) is 4.90 Å². The number of hydrogen-bond acceptors (Lipinski definition) is 3. The van der Waals surface area contributed by atoms with E-state index in [9.17, 15) is 8.42 Å². The highest BCUT2D eigenvalue weighted by molar-refractivity contribution is 7.89. The summed E-state index contributed by atoms with van der Waals surface area (Å²) in [7, 11) is -3.52. The van der Waals surface area contributed by atoms with Gasteiger partial charge in [0.15, 0.2) is 0 Å². The Balaban J connectivity index is 2.25. The van der Waals surface area contributed by atoms with Gasteiger partial charge in [0.25, 0.3) is 0 Å². The van der Waals surface area contributed by atoms with Gasteiger partial charge in [-0.3, -0.25) is 0 Å². The Kier molecular flexibility index (Phi) is 4.48. The van der Waals surface area contributed by atoms with Crippen molar-refractivity contribution in [1.82, 2.24) is 4.72 Å². The van der Waals surface area contributed by atoms with Crippen LogP contribution in [0.3, 0.4) is 0 Å². The molecule has 2 N–H and O–H groups in total.